The molecule has 240 valence electrons. The van der Waals surface area contributed by atoms with Gasteiger partial charge in [-0.05, 0) is 78.7 Å². The van der Waals surface area contributed by atoms with Crippen LogP contribution >= 0.6 is 11.8 Å². The second-order valence-corrected chi connectivity index (χ2v) is 12.3. The van der Waals surface area contributed by atoms with Crippen molar-refractivity contribution in [2.24, 2.45) is 0 Å². The summed E-state index contributed by atoms with van der Waals surface area (Å²) in [6.45, 7) is 2.95. The summed E-state index contributed by atoms with van der Waals surface area (Å²) in [5.74, 6) is 1.30. The Labute approximate surface area is 281 Å². The van der Waals surface area contributed by atoms with Crippen LogP contribution in [0.25, 0.3) is 38.4 Å². The number of nitrogens with zero attached hydrogens (tertiary/aromatic N) is 3. The first-order chi connectivity index (χ1) is 23.5. The lowest BCUT2D eigenvalue weighted by atomic mass is 9.98. The maximum Gasteiger partial charge on any atom is 0.266 e. The van der Waals surface area contributed by atoms with Crippen LogP contribution in [0.4, 0.5) is 0 Å². The number of ether oxygens (including phenoxy) is 2. The Morgan fingerprint density at radius 2 is 1.38 bits per heavy atom. The van der Waals surface area contributed by atoms with Gasteiger partial charge >= 0.3 is 0 Å². The third-order valence-electron chi connectivity index (χ3n) is 8.61. The van der Waals surface area contributed by atoms with E-state index in [1.54, 1.807) is 24.9 Å². The lowest BCUT2D eigenvalue weighted by molar-refractivity contribution is -0.119. The Morgan fingerprint density at radius 1 is 0.771 bits per heavy atom. The molecule has 7 rings (SSSR count). The van der Waals surface area contributed by atoms with Crippen molar-refractivity contribution in [3.05, 3.63) is 137 Å². The highest BCUT2D eigenvalue weighted by Gasteiger charge is 2.20. The molecule has 0 bridgehead atoms. The SMILES string of the molecule is CCn1c2ccccc2c2cc(-n3c(SCC(=O)NC(c4ccc(OC)cc4)c4ccc(OC)cc4)nc4ccccc4c3=O)ccc21. The van der Waals surface area contributed by atoms with Crippen molar-refractivity contribution in [3.63, 3.8) is 0 Å². The van der Waals surface area contributed by atoms with E-state index in [1.165, 1.54) is 11.8 Å². The molecule has 5 aromatic carbocycles. The highest BCUT2D eigenvalue weighted by molar-refractivity contribution is 7.99. The fraction of sp³-hybridized carbons (Fsp3) is 0.154. The third kappa shape index (κ3) is 5.77. The molecule has 2 heterocycles. The van der Waals surface area contributed by atoms with E-state index in [0.29, 0.717) is 21.7 Å². The molecule has 2 aromatic heterocycles. The Morgan fingerprint density at radius 3 is 2.02 bits per heavy atom. The number of carbonyl (C=O) groups excluding carboxylic acids is 1. The normalized spacial score (nSPS) is 11.4. The summed E-state index contributed by atoms with van der Waals surface area (Å²) in [6.07, 6.45) is 0. The van der Waals surface area contributed by atoms with Gasteiger partial charge in [0.05, 0.1) is 42.6 Å². The van der Waals surface area contributed by atoms with Crippen LogP contribution in [-0.2, 0) is 11.3 Å². The van der Waals surface area contributed by atoms with E-state index in [2.05, 4.69) is 41.1 Å². The molecule has 9 heteroatoms. The van der Waals surface area contributed by atoms with E-state index in [1.807, 2.05) is 84.9 Å². The van der Waals surface area contributed by atoms with Gasteiger partial charge in [-0.3, -0.25) is 14.2 Å². The number of methoxy groups -OCH3 is 2. The molecule has 0 atom stereocenters. The van der Waals surface area contributed by atoms with E-state index in [-0.39, 0.29) is 17.2 Å². The van der Waals surface area contributed by atoms with Crippen LogP contribution in [0.1, 0.15) is 24.1 Å². The number of thioether (sulfide) groups is 1. The number of benzene rings is 5. The maximum atomic E-state index is 14.1. The number of carbonyl (C=O) groups is 1. The Kier molecular flexibility index (Phi) is 8.61. The first-order valence-electron chi connectivity index (χ1n) is 15.7. The molecule has 0 saturated carbocycles. The van der Waals surface area contributed by atoms with Crippen molar-refractivity contribution in [1.82, 2.24) is 19.4 Å². The highest BCUT2D eigenvalue weighted by Crippen LogP contribution is 2.32. The molecule has 0 aliphatic carbocycles. The summed E-state index contributed by atoms with van der Waals surface area (Å²) in [5, 5.41) is 6.33. The molecular weight excluding hydrogens is 621 g/mol. The summed E-state index contributed by atoms with van der Waals surface area (Å²) < 4.78 is 14.6. The zero-order valence-electron chi connectivity index (χ0n) is 26.8. The van der Waals surface area contributed by atoms with Crippen LogP contribution in [-0.4, -0.2) is 40.0 Å². The van der Waals surface area contributed by atoms with Crippen LogP contribution in [0.15, 0.2) is 125 Å². The van der Waals surface area contributed by atoms with E-state index in [4.69, 9.17) is 14.5 Å². The van der Waals surface area contributed by atoms with E-state index in [9.17, 15) is 9.59 Å². The predicted octanol–water partition coefficient (Wildman–Crippen LogP) is 7.53. The molecule has 0 unspecified atom stereocenters. The maximum absolute atomic E-state index is 14.1. The van der Waals surface area contributed by atoms with Crippen LogP contribution in [0.5, 0.6) is 11.5 Å². The van der Waals surface area contributed by atoms with Gasteiger partial charge < -0.3 is 19.4 Å². The fourth-order valence-electron chi connectivity index (χ4n) is 6.24. The average Bonchev–Trinajstić information content (AvgIpc) is 3.46. The Hall–Kier alpha value is -5.54. The third-order valence-corrected chi connectivity index (χ3v) is 9.55. The number of nitrogens with one attached hydrogen (secondary N) is 1. The van der Waals surface area contributed by atoms with Gasteiger partial charge in [0, 0.05) is 28.4 Å². The summed E-state index contributed by atoms with van der Waals surface area (Å²) in [5.41, 5.74) is 5.14. The van der Waals surface area contributed by atoms with Crippen molar-refractivity contribution < 1.29 is 14.3 Å². The summed E-state index contributed by atoms with van der Waals surface area (Å²) in [7, 11) is 3.24. The monoisotopic (exact) mass is 654 g/mol. The Balaban J connectivity index is 1.24. The minimum Gasteiger partial charge on any atom is -0.497 e. The molecule has 0 spiro atoms. The quantitative estimate of drug-likeness (QED) is 0.121. The average molecular weight is 655 g/mol. The van der Waals surface area contributed by atoms with Crippen LogP contribution < -0.4 is 20.3 Å². The molecule has 0 aliphatic heterocycles. The van der Waals surface area contributed by atoms with E-state index in [0.717, 1.165) is 51.0 Å². The minimum atomic E-state index is -0.417. The smallest absolute Gasteiger partial charge is 0.266 e. The molecule has 0 aliphatic rings. The zero-order chi connectivity index (χ0) is 33.2. The van der Waals surface area contributed by atoms with E-state index >= 15 is 0 Å². The van der Waals surface area contributed by atoms with Crippen molar-refractivity contribution in [2.75, 3.05) is 20.0 Å². The molecular formula is C39H34N4O4S. The number of hydrogen-bond acceptors (Lipinski definition) is 6. The molecule has 1 N–H and O–H groups in total. The first kappa shape index (κ1) is 31.1. The molecule has 1 amide bonds. The predicted molar refractivity (Wildman–Crippen MR) is 193 cm³/mol. The van der Waals surface area contributed by atoms with Crippen LogP contribution in [0.3, 0.4) is 0 Å². The lowest BCUT2D eigenvalue weighted by Crippen LogP contribution is -2.31. The highest BCUT2D eigenvalue weighted by atomic mass is 32.2. The summed E-state index contributed by atoms with van der Waals surface area (Å²) in [4.78, 5) is 32.7. The zero-order valence-corrected chi connectivity index (χ0v) is 27.7. The second-order valence-electron chi connectivity index (χ2n) is 11.4. The lowest BCUT2D eigenvalue weighted by Gasteiger charge is -2.21. The van der Waals surface area contributed by atoms with Gasteiger partial charge in [-0.2, -0.15) is 0 Å². The van der Waals surface area contributed by atoms with E-state index < -0.39 is 6.04 Å². The number of aromatic nitrogens is 3. The Bertz CT molecular complexity index is 2280. The van der Waals surface area contributed by atoms with Crippen molar-refractivity contribution in [1.29, 1.82) is 0 Å². The summed E-state index contributed by atoms with van der Waals surface area (Å²) in [6, 6.07) is 36.5. The molecule has 7 aromatic rings. The first-order valence-corrected chi connectivity index (χ1v) is 16.7. The van der Waals surface area contributed by atoms with Gasteiger partial charge in [0.25, 0.3) is 5.56 Å². The molecule has 0 radical (unpaired) electrons. The number of hydrogen-bond donors (Lipinski definition) is 1. The topological polar surface area (TPSA) is 87.4 Å². The van der Waals surface area contributed by atoms with Gasteiger partial charge in [-0.15, -0.1) is 0 Å². The van der Waals surface area contributed by atoms with Gasteiger partial charge in [0.2, 0.25) is 5.91 Å². The van der Waals surface area contributed by atoms with Gasteiger partial charge in [0.15, 0.2) is 5.16 Å². The van der Waals surface area contributed by atoms with Crippen LogP contribution in [0, 0.1) is 0 Å². The van der Waals surface area contributed by atoms with Gasteiger partial charge in [-0.25, -0.2) is 4.98 Å². The van der Waals surface area contributed by atoms with Crippen molar-refractivity contribution >= 4 is 50.4 Å². The fourth-order valence-corrected chi connectivity index (χ4v) is 7.07. The molecule has 0 saturated heterocycles. The molecule has 0 fully saturated rings. The van der Waals surface area contributed by atoms with Crippen LogP contribution in [0.2, 0.25) is 0 Å². The molecule has 8 nitrogen and oxygen atoms in total. The number of rotatable bonds is 10. The van der Waals surface area contributed by atoms with Gasteiger partial charge in [-0.1, -0.05) is 66.4 Å². The number of aryl methyl sites for hydroxylation is 1. The minimum absolute atomic E-state index is 0.0466. The summed E-state index contributed by atoms with van der Waals surface area (Å²) >= 11 is 1.24. The second kappa shape index (κ2) is 13.3. The largest absolute Gasteiger partial charge is 0.497 e. The van der Waals surface area contributed by atoms with Crippen molar-refractivity contribution in [3.8, 4) is 17.2 Å². The standard InChI is InChI=1S/C39H34N4O4S/c1-4-42-34-12-8-6-9-30(34)32-23-27(17-22-35(32)42)43-38(45)31-10-5-7-11-33(31)40-39(43)48-24-36(44)41-37(25-13-18-28(46-2)19-14-25)26-15-20-29(47-3)21-16-26/h5-23,37H,4,24H2,1-3H3,(H,41,44). The van der Waals surface area contributed by atoms with Gasteiger partial charge in [0.1, 0.15) is 11.5 Å². The molecule has 48 heavy (non-hydrogen) atoms. The number of amides is 1. The number of para-hydroxylation sites is 2. The number of fused-ring (bicyclic) bond motifs is 4. The van der Waals surface area contributed by atoms with Crippen molar-refractivity contribution in [2.45, 2.75) is 24.7 Å².